The summed E-state index contributed by atoms with van der Waals surface area (Å²) in [5.74, 6) is 0.200. The first-order valence-corrected chi connectivity index (χ1v) is 12.5. The lowest BCUT2D eigenvalue weighted by Gasteiger charge is -2.18. The number of methoxy groups -OCH3 is 1. The molecule has 0 saturated carbocycles. The van der Waals surface area contributed by atoms with Gasteiger partial charge in [-0.25, -0.2) is 0 Å². The minimum atomic E-state index is -0.520. The number of carbonyl (C=O) groups is 2. The molecule has 1 atom stereocenters. The number of ether oxygens (including phenoxy) is 1. The van der Waals surface area contributed by atoms with E-state index in [9.17, 15) is 9.59 Å². The van der Waals surface area contributed by atoms with Crippen molar-refractivity contribution in [2.75, 3.05) is 17.7 Å². The normalized spacial score (nSPS) is 11.4. The molecule has 2 amide bonds. The maximum Gasteiger partial charge on any atom is 0.255 e. The Hall–Kier alpha value is -3.74. The largest absolute Gasteiger partial charge is 0.497 e. The van der Waals surface area contributed by atoms with Crippen LogP contribution in [0.5, 0.6) is 5.75 Å². The van der Waals surface area contributed by atoms with Crippen molar-refractivity contribution >= 4 is 46.6 Å². The summed E-state index contributed by atoms with van der Waals surface area (Å²) in [6.07, 6.45) is 0. The quantitative estimate of drug-likeness (QED) is 0.240. The van der Waals surface area contributed by atoms with Crippen LogP contribution < -0.4 is 15.4 Å². The Labute approximate surface area is 219 Å². The number of halogens is 1. The number of carbonyl (C=O) groups excluding carboxylic acids is 2. The van der Waals surface area contributed by atoms with E-state index in [2.05, 4.69) is 10.6 Å². The number of thioether (sulfide) groups is 1. The van der Waals surface area contributed by atoms with Gasteiger partial charge in [0.05, 0.1) is 7.11 Å². The minimum absolute atomic E-state index is 0.164. The molecule has 0 saturated heterocycles. The molecule has 0 aliphatic carbocycles. The van der Waals surface area contributed by atoms with Crippen molar-refractivity contribution in [3.05, 3.63) is 119 Å². The summed E-state index contributed by atoms with van der Waals surface area (Å²) >= 11 is 7.55. The van der Waals surface area contributed by atoms with Crippen molar-refractivity contribution in [2.24, 2.45) is 0 Å². The van der Waals surface area contributed by atoms with Gasteiger partial charge in [-0.1, -0.05) is 60.1 Å². The van der Waals surface area contributed by atoms with Crippen LogP contribution in [0.1, 0.15) is 26.7 Å². The van der Waals surface area contributed by atoms with Gasteiger partial charge < -0.3 is 15.4 Å². The van der Waals surface area contributed by atoms with Gasteiger partial charge in [0.1, 0.15) is 11.0 Å². The fourth-order valence-electron chi connectivity index (χ4n) is 3.58. The van der Waals surface area contributed by atoms with Gasteiger partial charge in [-0.05, 0) is 66.6 Å². The van der Waals surface area contributed by atoms with Crippen LogP contribution in [-0.2, 0) is 4.79 Å². The summed E-state index contributed by atoms with van der Waals surface area (Å²) in [7, 11) is 1.56. The monoisotopic (exact) mass is 516 g/mol. The van der Waals surface area contributed by atoms with Crippen LogP contribution in [0.4, 0.5) is 11.4 Å². The first kappa shape index (κ1) is 25.4. The lowest BCUT2D eigenvalue weighted by atomic mass is 10.1. The molecule has 5 nitrogen and oxygen atoms in total. The fourth-order valence-corrected chi connectivity index (χ4v) is 4.83. The number of anilines is 2. The van der Waals surface area contributed by atoms with Gasteiger partial charge in [-0.2, -0.15) is 0 Å². The predicted octanol–water partition coefficient (Wildman–Crippen LogP) is 7.38. The van der Waals surface area contributed by atoms with Crippen LogP contribution in [-0.4, -0.2) is 18.9 Å². The summed E-state index contributed by atoms with van der Waals surface area (Å²) in [6, 6.07) is 29.4. The second-order valence-corrected chi connectivity index (χ2v) is 9.69. The Morgan fingerprint density at radius 2 is 1.64 bits per heavy atom. The van der Waals surface area contributed by atoms with Crippen LogP contribution in [0.25, 0.3) is 0 Å². The molecule has 2 N–H and O–H groups in total. The van der Waals surface area contributed by atoms with E-state index in [1.807, 2.05) is 67.6 Å². The Kier molecular flexibility index (Phi) is 8.31. The molecule has 0 spiro atoms. The van der Waals surface area contributed by atoms with Crippen molar-refractivity contribution in [1.29, 1.82) is 0 Å². The molecule has 4 aromatic carbocycles. The fraction of sp³-hybridized carbons (Fsp3) is 0.103. The number of benzene rings is 4. The third-order valence-electron chi connectivity index (χ3n) is 5.48. The van der Waals surface area contributed by atoms with Crippen molar-refractivity contribution < 1.29 is 14.3 Å². The van der Waals surface area contributed by atoms with Crippen LogP contribution in [0.3, 0.4) is 0 Å². The molecule has 0 heterocycles. The van der Waals surface area contributed by atoms with Crippen molar-refractivity contribution in [1.82, 2.24) is 0 Å². The van der Waals surface area contributed by atoms with Gasteiger partial charge in [-0.15, -0.1) is 11.8 Å². The van der Waals surface area contributed by atoms with Crippen LogP contribution in [0, 0.1) is 6.92 Å². The molecule has 0 fully saturated rings. The number of rotatable bonds is 8. The van der Waals surface area contributed by atoms with Crippen molar-refractivity contribution in [3.63, 3.8) is 0 Å². The lowest BCUT2D eigenvalue weighted by Crippen LogP contribution is -2.19. The van der Waals surface area contributed by atoms with E-state index < -0.39 is 5.25 Å². The van der Waals surface area contributed by atoms with Gasteiger partial charge in [0.2, 0.25) is 5.91 Å². The highest BCUT2D eigenvalue weighted by molar-refractivity contribution is 8.00. The van der Waals surface area contributed by atoms with E-state index >= 15 is 0 Å². The first-order chi connectivity index (χ1) is 17.4. The summed E-state index contributed by atoms with van der Waals surface area (Å²) in [5.41, 5.74) is 3.59. The number of nitrogens with one attached hydrogen (secondary N) is 2. The molecule has 7 heteroatoms. The molecule has 1 unspecified atom stereocenters. The molecular weight excluding hydrogens is 492 g/mol. The zero-order chi connectivity index (χ0) is 25.5. The highest BCUT2D eigenvalue weighted by Gasteiger charge is 2.23. The molecule has 0 aliphatic heterocycles. The van der Waals surface area contributed by atoms with Gasteiger partial charge in [0, 0.05) is 26.9 Å². The third kappa shape index (κ3) is 6.47. The van der Waals surface area contributed by atoms with Gasteiger partial charge in [0.15, 0.2) is 0 Å². The molecule has 182 valence electrons. The predicted molar refractivity (Wildman–Crippen MR) is 147 cm³/mol. The summed E-state index contributed by atoms with van der Waals surface area (Å²) in [5, 5.41) is 5.98. The van der Waals surface area contributed by atoms with E-state index in [-0.39, 0.29) is 11.8 Å². The molecular formula is C29H25ClN2O3S. The molecule has 4 aromatic rings. The maximum absolute atomic E-state index is 13.4. The number of amides is 2. The Balaban J connectivity index is 1.55. The molecule has 0 aliphatic rings. The van der Waals surface area contributed by atoms with Crippen LogP contribution in [0.15, 0.2) is 102 Å². The molecule has 0 radical (unpaired) electrons. The molecule has 0 aromatic heterocycles. The maximum atomic E-state index is 13.4. The van der Waals surface area contributed by atoms with E-state index in [0.29, 0.717) is 27.7 Å². The number of aryl methyl sites for hydroxylation is 1. The Bertz CT molecular complexity index is 1380. The molecule has 0 bridgehead atoms. The van der Waals surface area contributed by atoms with E-state index in [4.69, 9.17) is 16.3 Å². The second-order valence-electron chi connectivity index (χ2n) is 8.07. The summed E-state index contributed by atoms with van der Waals surface area (Å²) in [6.45, 7) is 1.92. The zero-order valence-corrected chi connectivity index (χ0v) is 21.4. The number of hydrogen-bond donors (Lipinski definition) is 2. The van der Waals surface area contributed by atoms with Crippen LogP contribution >= 0.6 is 23.4 Å². The van der Waals surface area contributed by atoms with Gasteiger partial charge >= 0.3 is 0 Å². The van der Waals surface area contributed by atoms with Gasteiger partial charge in [-0.3, -0.25) is 9.59 Å². The van der Waals surface area contributed by atoms with Gasteiger partial charge in [0.25, 0.3) is 5.91 Å². The molecule has 4 rings (SSSR count). The number of hydrogen-bond acceptors (Lipinski definition) is 4. The lowest BCUT2D eigenvalue weighted by molar-refractivity contribution is -0.115. The zero-order valence-electron chi connectivity index (χ0n) is 19.8. The van der Waals surface area contributed by atoms with E-state index in [0.717, 1.165) is 16.0 Å². The third-order valence-corrected chi connectivity index (χ3v) is 6.96. The SMILES string of the molecule is COc1cccc(C(=O)Nc2cccc(SC(C(=O)Nc3cc(Cl)ccc3C)c3ccccc3)c2)c1. The minimum Gasteiger partial charge on any atom is -0.497 e. The van der Waals surface area contributed by atoms with Crippen molar-refractivity contribution in [2.45, 2.75) is 17.1 Å². The average molecular weight is 517 g/mol. The highest BCUT2D eigenvalue weighted by atomic mass is 35.5. The van der Waals surface area contributed by atoms with Crippen molar-refractivity contribution in [3.8, 4) is 5.75 Å². The Morgan fingerprint density at radius 3 is 2.42 bits per heavy atom. The van der Waals surface area contributed by atoms with Crippen LogP contribution in [0.2, 0.25) is 5.02 Å². The smallest absolute Gasteiger partial charge is 0.255 e. The second kappa shape index (κ2) is 11.8. The Morgan fingerprint density at radius 1 is 0.861 bits per heavy atom. The topological polar surface area (TPSA) is 67.4 Å². The standard InChI is InChI=1S/C29H25ClN2O3S/c1-19-14-15-22(30)17-26(19)32-29(34)27(20-8-4-3-5-9-20)36-25-13-7-11-23(18-25)31-28(33)21-10-6-12-24(16-21)35-2/h3-18,27H,1-2H3,(H,31,33)(H,32,34). The highest BCUT2D eigenvalue weighted by Crippen LogP contribution is 2.37. The molecule has 36 heavy (non-hydrogen) atoms. The summed E-state index contributed by atoms with van der Waals surface area (Å²) in [4.78, 5) is 27.0. The average Bonchev–Trinajstić information content (AvgIpc) is 2.90. The van der Waals surface area contributed by atoms with E-state index in [1.54, 1.807) is 43.5 Å². The van der Waals surface area contributed by atoms with E-state index in [1.165, 1.54) is 11.8 Å². The summed E-state index contributed by atoms with van der Waals surface area (Å²) < 4.78 is 5.21. The first-order valence-electron chi connectivity index (χ1n) is 11.3.